The molecule has 2 rings (SSSR count). The van der Waals surface area contributed by atoms with Gasteiger partial charge in [-0.25, -0.2) is 0 Å². The van der Waals surface area contributed by atoms with E-state index in [2.05, 4.69) is 67.3 Å². The molecule has 0 bridgehead atoms. The van der Waals surface area contributed by atoms with Crippen molar-refractivity contribution in [3.63, 3.8) is 0 Å². The Morgan fingerprint density at radius 3 is 2.43 bits per heavy atom. The van der Waals surface area contributed by atoms with Gasteiger partial charge < -0.3 is 20.1 Å². The summed E-state index contributed by atoms with van der Waals surface area (Å²) in [4.78, 5) is 6.96. The Morgan fingerprint density at radius 2 is 1.89 bits per heavy atom. The third-order valence-electron chi connectivity index (χ3n) is 5.78. The zero-order valence-electron chi connectivity index (χ0n) is 18.8. The van der Waals surface area contributed by atoms with Gasteiger partial charge in [-0.15, -0.1) is 0 Å². The molecule has 2 N–H and O–H groups in total. The van der Waals surface area contributed by atoms with Gasteiger partial charge >= 0.3 is 0 Å². The van der Waals surface area contributed by atoms with Gasteiger partial charge in [0, 0.05) is 44.2 Å². The molecule has 0 spiro atoms. The van der Waals surface area contributed by atoms with E-state index in [0.717, 1.165) is 37.1 Å². The number of likely N-dealkylation sites (tertiary alicyclic amines) is 1. The van der Waals surface area contributed by atoms with Crippen LogP contribution in [-0.2, 0) is 5.41 Å². The zero-order chi connectivity index (χ0) is 20.9. The fourth-order valence-corrected chi connectivity index (χ4v) is 3.65. The topological polar surface area (TPSA) is 58.1 Å². The number of nitrogens with zero attached hydrogens (tertiary/aromatic N) is 2. The van der Waals surface area contributed by atoms with Crippen LogP contribution >= 0.6 is 0 Å². The van der Waals surface area contributed by atoms with Gasteiger partial charge in [0.25, 0.3) is 0 Å². The number of aliphatic imine (C=N–C) groups is 1. The minimum Gasteiger partial charge on any atom is -0.493 e. The van der Waals surface area contributed by atoms with Gasteiger partial charge in [0.1, 0.15) is 0 Å². The monoisotopic (exact) mass is 390 g/mol. The van der Waals surface area contributed by atoms with Crippen LogP contribution in [0.5, 0.6) is 11.5 Å². The van der Waals surface area contributed by atoms with Crippen molar-refractivity contribution in [2.45, 2.75) is 52.1 Å². The van der Waals surface area contributed by atoms with Gasteiger partial charge in [-0.1, -0.05) is 26.8 Å². The molecule has 0 radical (unpaired) electrons. The van der Waals surface area contributed by atoms with Crippen LogP contribution in [0.25, 0.3) is 0 Å². The molecule has 6 heteroatoms. The molecule has 6 nitrogen and oxygen atoms in total. The average Bonchev–Trinajstić information content (AvgIpc) is 3.05. The predicted octanol–water partition coefficient (Wildman–Crippen LogP) is 2.88. The lowest BCUT2D eigenvalue weighted by molar-refractivity contribution is 0.265. The summed E-state index contributed by atoms with van der Waals surface area (Å²) < 4.78 is 10.8. The molecule has 1 fully saturated rings. The van der Waals surface area contributed by atoms with Crippen LogP contribution in [0.2, 0.25) is 0 Å². The van der Waals surface area contributed by atoms with E-state index >= 15 is 0 Å². The van der Waals surface area contributed by atoms with E-state index < -0.39 is 0 Å². The van der Waals surface area contributed by atoms with Gasteiger partial charge in [-0.05, 0) is 37.5 Å². The summed E-state index contributed by atoms with van der Waals surface area (Å²) >= 11 is 0. The number of rotatable bonds is 7. The first kappa shape index (κ1) is 22.3. The molecule has 28 heavy (non-hydrogen) atoms. The molecular formula is C22H38N4O2. The first-order valence-corrected chi connectivity index (χ1v) is 10.2. The van der Waals surface area contributed by atoms with Crippen LogP contribution in [0, 0.1) is 5.92 Å². The second-order valence-electron chi connectivity index (χ2n) is 8.66. The Kier molecular flexibility index (Phi) is 7.58. The van der Waals surface area contributed by atoms with E-state index in [9.17, 15) is 0 Å². The van der Waals surface area contributed by atoms with Crippen molar-refractivity contribution in [3.05, 3.63) is 23.8 Å². The molecule has 0 aromatic heterocycles. The molecule has 1 aromatic carbocycles. The van der Waals surface area contributed by atoms with E-state index in [1.807, 2.05) is 13.1 Å². The molecule has 1 aliphatic rings. The van der Waals surface area contributed by atoms with Crippen LogP contribution < -0.4 is 20.1 Å². The van der Waals surface area contributed by atoms with Crippen LogP contribution in [0.15, 0.2) is 23.2 Å². The first-order chi connectivity index (χ1) is 13.2. The Hall–Kier alpha value is -1.95. The zero-order valence-corrected chi connectivity index (χ0v) is 18.8. The molecule has 0 aliphatic carbocycles. The smallest absolute Gasteiger partial charge is 0.191 e. The highest BCUT2D eigenvalue weighted by Gasteiger charge is 2.31. The van der Waals surface area contributed by atoms with E-state index in [1.165, 1.54) is 5.56 Å². The number of ether oxygens (including phenoxy) is 2. The molecule has 2 atom stereocenters. The fraction of sp³-hybridized carbons (Fsp3) is 0.682. The van der Waals surface area contributed by atoms with E-state index in [1.54, 1.807) is 14.2 Å². The highest BCUT2D eigenvalue weighted by atomic mass is 16.5. The summed E-state index contributed by atoms with van der Waals surface area (Å²) in [6.07, 6.45) is 0. The predicted molar refractivity (Wildman–Crippen MR) is 117 cm³/mol. The molecule has 2 unspecified atom stereocenters. The van der Waals surface area contributed by atoms with E-state index in [0.29, 0.717) is 18.0 Å². The van der Waals surface area contributed by atoms with Gasteiger partial charge in [0.2, 0.25) is 0 Å². The number of nitrogens with one attached hydrogen (secondary N) is 2. The number of hydrogen-bond acceptors (Lipinski definition) is 4. The minimum atomic E-state index is -0.0948. The molecule has 1 heterocycles. The summed E-state index contributed by atoms with van der Waals surface area (Å²) in [5.74, 6) is 2.96. The third-order valence-corrected chi connectivity index (χ3v) is 5.78. The molecule has 0 saturated carbocycles. The number of benzene rings is 1. The van der Waals surface area contributed by atoms with Crippen LogP contribution in [0.4, 0.5) is 0 Å². The maximum atomic E-state index is 5.46. The molecule has 1 saturated heterocycles. The number of guanidine groups is 1. The van der Waals surface area contributed by atoms with E-state index in [-0.39, 0.29) is 5.41 Å². The first-order valence-electron chi connectivity index (χ1n) is 10.2. The minimum absolute atomic E-state index is 0.0948. The standard InChI is InChI=1S/C22H38N4O2/c1-15(2)26-12-16(3)18(13-26)25-21(23-6)24-14-22(4,5)17-9-10-19(27-7)20(11-17)28-8/h9-11,15-16,18H,12-14H2,1-8H3,(H2,23,24,25). The van der Waals surface area contributed by atoms with Crippen molar-refractivity contribution in [3.8, 4) is 11.5 Å². The lowest BCUT2D eigenvalue weighted by Crippen LogP contribution is -2.49. The SMILES string of the molecule is CN=C(NCC(C)(C)c1ccc(OC)c(OC)c1)NC1CN(C(C)C)CC1C. The summed E-state index contributed by atoms with van der Waals surface area (Å²) in [5.41, 5.74) is 1.09. The van der Waals surface area contributed by atoms with E-state index in [4.69, 9.17) is 9.47 Å². The number of methoxy groups -OCH3 is 2. The lowest BCUT2D eigenvalue weighted by Gasteiger charge is -2.28. The lowest BCUT2D eigenvalue weighted by atomic mass is 9.84. The average molecular weight is 391 g/mol. The van der Waals surface area contributed by atoms with Gasteiger partial charge in [-0.2, -0.15) is 0 Å². The number of hydrogen-bond donors (Lipinski definition) is 2. The summed E-state index contributed by atoms with van der Waals surface area (Å²) in [6, 6.07) is 7.10. The molecule has 0 amide bonds. The Labute approximate surface area is 170 Å². The summed E-state index contributed by atoms with van der Waals surface area (Å²) in [5, 5.41) is 7.13. The normalized spacial score (nSPS) is 21.1. The van der Waals surface area contributed by atoms with Crippen LogP contribution in [0.1, 0.15) is 40.2 Å². The highest BCUT2D eigenvalue weighted by molar-refractivity contribution is 5.80. The maximum absolute atomic E-state index is 5.46. The largest absolute Gasteiger partial charge is 0.493 e. The van der Waals surface area contributed by atoms with Crippen molar-refractivity contribution >= 4 is 5.96 Å². The maximum Gasteiger partial charge on any atom is 0.191 e. The van der Waals surface area contributed by atoms with Crippen molar-refractivity contribution in [1.29, 1.82) is 0 Å². The van der Waals surface area contributed by atoms with Crippen molar-refractivity contribution in [2.24, 2.45) is 10.9 Å². The Balaban J connectivity index is 2.00. The van der Waals surface area contributed by atoms with Crippen molar-refractivity contribution in [2.75, 3.05) is 40.9 Å². The van der Waals surface area contributed by atoms with Gasteiger partial charge in [0.05, 0.1) is 14.2 Å². The molecule has 1 aromatic rings. The van der Waals surface area contributed by atoms with Crippen LogP contribution in [-0.4, -0.2) is 63.8 Å². The molecular weight excluding hydrogens is 352 g/mol. The van der Waals surface area contributed by atoms with Crippen LogP contribution in [0.3, 0.4) is 0 Å². The summed E-state index contributed by atoms with van der Waals surface area (Å²) in [7, 11) is 5.16. The van der Waals surface area contributed by atoms with Gasteiger partial charge in [0.15, 0.2) is 17.5 Å². The highest BCUT2D eigenvalue weighted by Crippen LogP contribution is 2.32. The van der Waals surface area contributed by atoms with Crippen molar-refractivity contribution in [1.82, 2.24) is 15.5 Å². The second-order valence-corrected chi connectivity index (χ2v) is 8.66. The summed E-state index contributed by atoms with van der Waals surface area (Å²) in [6.45, 7) is 14.2. The third kappa shape index (κ3) is 5.31. The second kappa shape index (κ2) is 9.50. The fourth-order valence-electron chi connectivity index (χ4n) is 3.65. The van der Waals surface area contributed by atoms with Crippen molar-refractivity contribution < 1.29 is 9.47 Å². The quantitative estimate of drug-likeness (QED) is 0.554. The Bertz CT molecular complexity index is 673. The molecule has 1 aliphatic heterocycles. The van der Waals surface area contributed by atoms with Gasteiger partial charge in [-0.3, -0.25) is 9.89 Å². The molecule has 158 valence electrons. The Morgan fingerprint density at radius 1 is 1.21 bits per heavy atom.